The molecule has 1 atom stereocenters. The summed E-state index contributed by atoms with van der Waals surface area (Å²) in [5.74, 6) is 0.601. The molecule has 1 N–H and O–H groups in total. The summed E-state index contributed by atoms with van der Waals surface area (Å²) in [5.41, 5.74) is 2.20. The smallest absolute Gasteiger partial charge is 0.258 e. The summed E-state index contributed by atoms with van der Waals surface area (Å²) in [6, 6.07) is 12.7. The van der Waals surface area contributed by atoms with Crippen molar-refractivity contribution in [2.24, 2.45) is 0 Å². The zero-order chi connectivity index (χ0) is 21.5. The number of sulfonamides is 1. The highest BCUT2D eigenvalue weighted by molar-refractivity contribution is 7.89. The van der Waals surface area contributed by atoms with Crippen molar-refractivity contribution in [3.8, 4) is 0 Å². The number of rotatable bonds is 4. The monoisotopic (exact) mass is 426 g/mol. The van der Waals surface area contributed by atoms with Crippen molar-refractivity contribution in [3.63, 3.8) is 0 Å². The molecule has 0 bridgehead atoms. The van der Waals surface area contributed by atoms with Crippen LogP contribution in [0.5, 0.6) is 0 Å². The molecular weight excluding hydrogens is 400 g/mol. The van der Waals surface area contributed by atoms with Crippen molar-refractivity contribution in [2.45, 2.75) is 31.7 Å². The van der Waals surface area contributed by atoms with Crippen molar-refractivity contribution in [2.75, 3.05) is 26.2 Å². The molecule has 158 valence electrons. The van der Waals surface area contributed by atoms with Crippen LogP contribution in [0.4, 0.5) is 0 Å². The molecule has 0 radical (unpaired) electrons. The number of hydrogen-bond donors (Lipinski definition) is 1. The number of para-hydroxylation sites is 1. The van der Waals surface area contributed by atoms with Crippen LogP contribution in [0.1, 0.15) is 29.9 Å². The molecule has 8 heteroatoms. The van der Waals surface area contributed by atoms with E-state index in [1.807, 2.05) is 51.1 Å². The summed E-state index contributed by atoms with van der Waals surface area (Å²) < 4.78 is 27.8. The second-order valence-electron chi connectivity index (χ2n) is 7.85. The number of nitrogens with one attached hydrogen (secondary N) is 1. The fourth-order valence-corrected chi connectivity index (χ4v) is 5.66. The van der Waals surface area contributed by atoms with Gasteiger partial charge in [-0.3, -0.25) is 9.69 Å². The van der Waals surface area contributed by atoms with Crippen LogP contribution in [0.25, 0.3) is 10.9 Å². The fourth-order valence-electron chi connectivity index (χ4n) is 3.93. The van der Waals surface area contributed by atoms with E-state index in [1.165, 1.54) is 0 Å². The Kier molecular flexibility index (Phi) is 5.48. The topological polar surface area (TPSA) is 86.4 Å². The Morgan fingerprint density at radius 2 is 1.73 bits per heavy atom. The first kappa shape index (κ1) is 20.7. The molecule has 0 unspecified atom stereocenters. The lowest BCUT2D eigenvalue weighted by Gasteiger charge is -2.37. The molecule has 1 aliphatic heterocycles. The minimum atomic E-state index is -3.53. The van der Waals surface area contributed by atoms with E-state index in [0.29, 0.717) is 47.8 Å². The maximum atomic E-state index is 13.1. The maximum absolute atomic E-state index is 13.1. The van der Waals surface area contributed by atoms with E-state index < -0.39 is 10.0 Å². The molecule has 1 aromatic heterocycles. The lowest BCUT2D eigenvalue weighted by Crippen LogP contribution is -2.49. The standard InChI is InChI=1S/C22H26N4O3S/c1-15-8-9-16(2)20(14-15)30(28,29)26-12-10-25(11-13-26)17(3)21-23-19-7-5-4-6-18(19)22(27)24-21/h4-9,14,17H,10-13H2,1-3H3,(H,23,24,27)/t17-/m0/s1. The van der Waals surface area contributed by atoms with Gasteiger partial charge < -0.3 is 4.98 Å². The summed E-state index contributed by atoms with van der Waals surface area (Å²) in [4.78, 5) is 22.4. The van der Waals surface area contributed by atoms with E-state index in [4.69, 9.17) is 0 Å². The average molecular weight is 427 g/mol. The minimum absolute atomic E-state index is 0.118. The summed E-state index contributed by atoms with van der Waals surface area (Å²) in [7, 11) is -3.53. The minimum Gasteiger partial charge on any atom is -0.309 e. The van der Waals surface area contributed by atoms with Crippen molar-refractivity contribution < 1.29 is 8.42 Å². The van der Waals surface area contributed by atoms with Crippen LogP contribution in [0.3, 0.4) is 0 Å². The Bertz CT molecular complexity index is 1240. The average Bonchev–Trinajstić information content (AvgIpc) is 2.75. The first-order valence-corrected chi connectivity index (χ1v) is 11.5. The molecule has 4 rings (SSSR count). The van der Waals surface area contributed by atoms with Crippen molar-refractivity contribution in [1.29, 1.82) is 0 Å². The summed E-state index contributed by atoms with van der Waals surface area (Å²) in [6.07, 6.45) is 0. The predicted octanol–water partition coefficient (Wildman–Crippen LogP) is 2.61. The molecule has 1 saturated heterocycles. The van der Waals surface area contributed by atoms with E-state index in [1.54, 1.807) is 16.4 Å². The highest BCUT2D eigenvalue weighted by Crippen LogP contribution is 2.25. The molecule has 1 fully saturated rings. The molecule has 7 nitrogen and oxygen atoms in total. The van der Waals surface area contributed by atoms with Crippen LogP contribution in [0.15, 0.2) is 52.2 Å². The number of hydrogen-bond acceptors (Lipinski definition) is 5. The normalized spacial score (nSPS) is 17.3. The summed E-state index contributed by atoms with van der Waals surface area (Å²) in [5, 5.41) is 0.567. The van der Waals surface area contributed by atoms with Gasteiger partial charge >= 0.3 is 0 Å². The van der Waals surface area contributed by atoms with Crippen LogP contribution in [0.2, 0.25) is 0 Å². The number of H-pyrrole nitrogens is 1. The molecular formula is C22H26N4O3S. The number of benzene rings is 2. The first-order chi connectivity index (χ1) is 14.3. The summed E-state index contributed by atoms with van der Waals surface area (Å²) in [6.45, 7) is 7.66. The Balaban J connectivity index is 1.52. The zero-order valence-electron chi connectivity index (χ0n) is 17.4. The largest absolute Gasteiger partial charge is 0.309 e. The van der Waals surface area contributed by atoms with Gasteiger partial charge in [0.05, 0.1) is 21.8 Å². The van der Waals surface area contributed by atoms with Crippen molar-refractivity contribution in [1.82, 2.24) is 19.2 Å². The van der Waals surface area contributed by atoms with E-state index in [-0.39, 0.29) is 11.6 Å². The van der Waals surface area contributed by atoms with Crippen molar-refractivity contribution >= 4 is 20.9 Å². The lowest BCUT2D eigenvalue weighted by molar-refractivity contribution is 0.141. The maximum Gasteiger partial charge on any atom is 0.258 e. The molecule has 0 aliphatic carbocycles. The number of nitrogens with zero attached hydrogens (tertiary/aromatic N) is 3. The van der Waals surface area contributed by atoms with Gasteiger partial charge in [-0.15, -0.1) is 0 Å². The first-order valence-electron chi connectivity index (χ1n) is 10.1. The molecule has 30 heavy (non-hydrogen) atoms. The Morgan fingerprint density at radius 1 is 1.03 bits per heavy atom. The molecule has 1 aliphatic rings. The van der Waals surface area contributed by atoms with Gasteiger partial charge in [0.15, 0.2) is 0 Å². The Labute approximate surface area is 176 Å². The van der Waals surface area contributed by atoms with Crippen LogP contribution in [0, 0.1) is 13.8 Å². The van der Waals surface area contributed by atoms with Gasteiger partial charge in [0, 0.05) is 26.2 Å². The van der Waals surface area contributed by atoms with Crippen LogP contribution < -0.4 is 5.56 Å². The van der Waals surface area contributed by atoms with Gasteiger partial charge in [-0.05, 0) is 50.1 Å². The zero-order valence-corrected chi connectivity index (χ0v) is 18.2. The van der Waals surface area contributed by atoms with Gasteiger partial charge in [0.25, 0.3) is 5.56 Å². The SMILES string of the molecule is Cc1ccc(C)c(S(=O)(=O)N2CCN([C@@H](C)c3nc4ccccc4c(=O)[nH]3)CC2)c1. The van der Waals surface area contributed by atoms with Gasteiger partial charge in [-0.2, -0.15) is 4.31 Å². The quantitative estimate of drug-likeness (QED) is 0.693. The summed E-state index contributed by atoms with van der Waals surface area (Å²) >= 11 is 0. The number of aromatic amines is 1. The van der Waals surface area contributed by atoms with Gasteiger partial charge in [-0.25, -0.2) is 13.4 Å². The van der Waals surface area contributed by atoms with E-state index >= 15 is 0 Å². The predicted molar refractivity (Wildman–Crippen MR) is 117 cm³/mol. The van der Waals surface area contributed by atoms with Crippen molar-refractivity contribution in [3.05, 3.63) is 69.8 Å². The second kappa shape index (κ2) is 7.94. The highest BCUT2D eigenvalue weighted by atomic mass is 32.2. The number of aromatic nitrogens is 2. The Hall–Kier alpha value is -2.55. The molecule has 2 heterocycles. The van der Waals surface area contributed by atoms with Crippen LogP contribution in [-0.2, 0) is 10.0 Å². The fraction of sp³-hybridized carbons (Fsp3) is 0.364. The van der Waals surface area contributed by atoms with Gasteiger partial charge in [-0.1, -0.05) is 24.3 Å². The van der Waals surface area contributed by atoms with E-state index in [2.05, 4.69) is 14.9 Å². The second-order valence-corrected chi connectivity index (χ2v) is 9.76. The van der Waals surface area contributed by atoms with Gasteiger partial charge in [0.1, 0.15) is 5.82 Å². The number of piperazine rings is 1. The van der Waals surface area contributed by atoms with E-state index in [0.717, 1.165) is 11.1 Å². The third kappa shape index (κ3) is 3.78. The molecule has 0 saturated carbocycles. The van der Waals surface area contributed by atoms with Gasteiger partial charge in [0.2, 0.25) is 10.0 Å². The number of aryl methyl sites for hydroxylation is 2. The lowest BCUT2D eigenvalue weighted by atomic mass is 10.2. The molecule has 3 aromatic rings. The van der Waals surface area contributed by atoms with Crippen LogP contribution >= 0.6 is 0 Å². The molecule has 2 aromatic carbocycles. The molecule has 0 amide bonds. The van der Waals surface area contributed by atoms with E-state index in [9.17, 15) is 13.2 Å². The number of fused-ring (bicyclic) bond motifs is 1. The Morgan fingerprint density at radius 3 is 2.47 bits per heavy atom. The molecule has 0 spiro atoms. The third-order valence-corrected chi connectivity index (χ3v) is 7.85. The third-order valence-electron chi connectivity index (χ3n) is 5.81. The highest BCUT2D eigenvalue weighted by Gasteiger charge is 2.31. The van der Waals surface area contributed by atoms with Crippen LogP contribution in [-0.4, -0.2) is 53.8 Å².